The maximum absolute atomic E-state index is 8.90. The quantitative estimate of drug-likeness (QED) is 0.524. The van der Waals surface area contributed by atoms with E-state index in [9.17, 15) is 0 Å². The molecule has 2 nitrogen and oxygen atoms in total. The van der Waals surface area contributed by atoms with Gasteiger partial charge in [0.1, 0.15) is 0 Å². The van der Waals surface area contributed by atoms with Crippen molar-refractivity contribution in [1.82, 2.24) is 0 Å². The Hall–Kier alpha value is 0.270. The zero-order valence-corrected chi connectivity index (χ0v) is 5.40. The molecule has 1 rings (SSSR count). The van der Waals surface area contributed by atoms with E-state index in [1.807, 2.05) is 0 Å². The summed E-state index contributed by atoms with van der Waals surface area (Å²) >= 11 is 1.65. The second-order valence-corrected chi connectivity index (χ2v) is 3.36. The normalized spacial score (nSPS) is 38.2. The van der Waals surface area contributed by atoms with Crippen molar-refractivity contribution in [2.24, 2.45) is 0 Å². The van der Waals surface area contributed by atoms with Gasteiger partial charge in [0.2, 0.25) is 0 Å². The topological polar surface area (TPSA) is 40.5 Å². The molecule has 0 saturated carbocycles. The number of rotatable bonds is 1. The summed E-state index contributed by atoms with van der Waals surface area (Å²) < 4.78 is 0. The van der Waals surface area contributed by atoms with Gasteiger partial charge in [0.05, 0.1) is 12.7 Å². The zero-order valence-electron chi connectivity index (χ0n) is 4.58. The molecule has 8 heavy (non-hydrogen) atoms. The Balaban J connectivity index is 2.22. The van der Waals surface area contributed by atoms with E-state index in [4.69, 9.17) is 10.2 Å². The molecule has 0 amide bonds. The van der Waals surface area contributed by atoms with Gasteiger partial charge in [-0.15, -0.1) is 0 Å². The number of aliphatic hydroxyl groups excluding tert-OH is 2. The zero-order chi connectivity index (χ0) is 5.98. The highest BCUT2D eigenvalue weighted by Crippen LogP contribution is 2.25. The Kier molecular flexibility index (Phi) is 2.16. The molecular weight excluding hydrogens is 124 g/mol. The Labute approximate surface area is 52.9 Å². The summed E-state index contributed by atoms with van der Waals surface area (Å²) in [6.45, 7) is 0.210. The fourth-order valence-corrected chi connectivity index (χ4v) is 1.91. The van der Waals surface area contributed by atoms with E-state index in [1.54, 1.807) is 11.8 Å². The smallest absolute Gasteiger partial charge is 0.0642 e. The molecule has 0 radical (unpaired) electrons. The van der Waals surface area contributed by atoms with Crippen LogP contribution < -0.4 is 0 Å². The molecule has 1 aliphatic heterocycles. The highest BCUT2D eigenvalue weighted by Gasteiger charge is 2.21. The van der Waals surface area contributed by atoms with Gasteiger partial charge in [0.15, 0.2) is 0 Å². The first-order valence-electron chi connectivity index (χ1n) is 2.73. The average Bonchev–Trinajstić information content (AvgIpc) is 2.14. The van der Waals surface area contributed by atoms with Gasteiger partial charge in [-0.1, -0.05) is 0 Å². The lowest BCUT2D eigenvalue weighted by molar-refractivity contribution is 0.184. The third-order valence-electron chi connectivity index (χ3n) is 1.26. The largest absolute Gasteiger partial charge is 0.395 e. The SMILES string of the molecule is OC[C@H]1C[C@H](O)CS1. The summed E-state index contributed by atoms with van der Waals surface area (Å²) in [4.78, 5) is 0. The molecule has 1 heterocycles. The summed E-state index contributed by atoms with van der Waals surface area (Å²) in [5.74, 6) is 0.797. The van der Waals surface area contributed by atoms with Crippen LogP contribution in [0.1, 0.15) is 6.42 Å². The van der Waals surface area contributed by atoms with E-state index in [1.165, 1.54) is 0 Å². The first-order chi connectivity index (χ1) is 3.83. The van der Waals surface area contributed by atoms with Crippen molar-refractivity contribution in [2.45, 2.75) is 17.8 Å². The number of hydrogen-bond acceptors (Lipinski definition) is 3. The highest BCUT2D eigenvalue weighted by molar-refractivity contribution is 8.00. The molecule has 0 spiro atoms. The van der Waals surface area contributed by atoms with E-state index in [-0.39, 0.29) is 12.7 Å². The van der Waals surface area contributed by atoms with Crippen molar-refractivity contribution in [3.63, 3.8) is 0 Å². The van der Waals surface area contributed by atoms with Gasteiger partial charge < -0.3 is 10.2 Å². The lowest BCUT2D eigenvalue weighted by atomic mass is 10.2. The highest BCUT2D eigenvalue weighted by atomic mass is 32.2. The summed E-state index contributed by atoms with van der Waals surface area (Å²) in [6.07, 6.45) is 0.596. The number of thioether (sulfide) groups is 1. The molecule has 1 saturated heterocycles. The fraction of sp³-hybridized carbons (Fsp3) is 1.00. The minimum atomic E-state index is -0.169. The van der Waals surface area contributed by atoms with E-state index in [0.717, 1.165) is 12.2 Å². The number of aliphatic hydroxyl groups is 2. The molecule has 0 unspecified atom stereocenters. The van der Waals surface area contributed by atoms with E-state index in [0.29, 0.717) is 5.25 Å². The van der Waals surface area contributed by atoms with Gasteiger partial charge in [-0.2, -0.15) is 11.8 Å². The van der Waals surface area contributed by atoms with Crippen molar-refractivity contribution in [3.05, 3.63) is 0 Å². The third kappa shape index (κ3) is 1.37. The molecule has 0 aromatic heterocycles. The Morgan fingerprint density at radius 3 is 2.62 bits per heavy atom. The standard InChI is InChI=1S/C5H10O2S/c6-2-5-1-4(7)3-8-5/h4-7H,1-3H2/t4-,5+/m0/s1. The maximum atomic E-state index is 8.90. The lowest BCUT2D eigenvalue weighted by Crippen LogP contribution is -2.08. The Morgan fingerprint density at radius 1 is 1.62 bits per heavy atom. The average molecular weight is 134 g/mol. The van der Waals surface area contributed by atoms with Crippen LogP contribution >= 0.6 is 11.8 Å². The van der Waals surface area contributed by atoms with Gasteiger partial charge in [-0.25, -0.2) is 0 Å². The van der Waals surface area contributed by atoms with Crippen LogP contribution in [-0.4, -0.2) is 33.9 Å². The van der Waals surface area contributed by atoms with Crippen molar-refractivity contribution >= 4 is 11.8 Å². The van der Waals surface area contributed by atoms with Crippen LogP contribution in [0, 0.1) is 0 Å². The Morgan fingerprint density at radius 2 is 2.38 bits per heavy atom. The van der Waals surface area contributed by atoms with Crippen LogP contribution in [0.4, 0.5) is 0 Å². The summed E-state index contributed by atoms with van der Waals surface area (Å²) in [6, 6.07) is 0. The van der Waals surface area contributed by atoms with Crippen LogP contribution in [0.25, 0.3) is 0 Å². The molecule has 1 aliphatic rings. The van der Waals surface area contributed by atoms with Crippen molar-refractivity contribution < 1.29 is 10.2 Å². The molecule has 3 heteroatoms. The predicted molar refractivity (Wildman–Crippen MR) is 34.0 cm³/mol. The molecule has 1 fully saturated rings. The maximum Gasteiger partial charge on any atom is 0.0642 e. The first kappa shape index (κ1) is 6.39. The molecule has 0 aliphatic carbocycles. The fourth-order valence-electron chi connectivity index (χ4n) is 0.814. The monoisotopic (exact) mass is 134 g/mol. The second-order valence-electron chi connectivity index (χ2n) is 2.03. The minimum Gasteiger partial charge on any atom is -0.395 e. The van der Waals surface area contributed by atoms with Crippen molar-refractivity contribution in [1.29, 1.82) is 0 Å². The van der Waals surface area contributed by atoms with Crippen LogP contribution in [0.5, 0.6) is 0 Å². The molecule has 2 atom stereocenters. The van der Waals surface area contributed by atoms with Crippen molar-refractivity contribution in [3.8, 4) is 0 Å². The van der Waals surface area contributed by atoms with Crippen LogP contribution in [0.15, 0.2) is 0 Å². The van der Waals surface area contributed by atoms with Gasteiger partial charge in [0, 0.05) is 11.0 Å². The van der Waals surface area contributed by atoms with Gasteiger partial charge in [-0.3, -0.25) is 0 Å². The van der Waals surface area contributed by atoms with Crippen LogP contribution in [0.3, 0.4) is 0 Å². The summed E-state index contributed by atoms with van der Waals surface area (Å²) in [5, 5.41) is 17.7. The first-order valence-corrected chi connectivity index (χ1v) is 3.78. The molecule has 0 aromatic rings. The molecular formula is C5H10O2S. The van der Waals surface area contributed by atoms with Gasteiger partial charge in [-0.05, 0) is 6.42 Å². The minimum absolute atomic E-state index is 0.169. The van der Waals surface area contributed by atoms with Gasteiger partial charge >= 0.3 is 0 Å². The van der Waals surface area contributed by atoms with E-state index < -0.39 is 0 Å². The van der Waals surface area contributed by atoms with Crippen molar-refractivity contribution in [2.75, 3.05) is 12.4 Å². The molecule has 2 N–H and O–H groups in total. The Bertz CT molecular complexity index is 76.8. The summed E-state index contributed by atoms with van der Waals surface area (Å²) in [7, 11) is 0. The predicted octanol–water partition coefficient (Wildman–Crippen LogP) is -0.155. The number of hydrogen-bond donors (Lipinski definition) is 2. The lowest BCUT2D eigenvalue weighted by Gasteiger charge is -1.99. The van der Waals surface area contributed by atoms with Crippen LogP contribution in [-0.2, 0) is 0 Å². The van der Waals surface area contributed by atoms with E-state index >= 15 is 0 Å². The molecule has 0 bridgehead atoms. The third-order valence-corrected chi connectivity index (χ3v) is 2.65. The molecule has 0 aromatic carbocycles. The molecule has 48 valence electrons. The van der Waals surface area contributed by atoms with Gasteiger partial charge in [0.25, 0.3) is 0 Å². The van der Waals surface area contributed by atoms with E-state index in [2.05, 4.69) is 0 Å². The summed E-state index contributed by atoms with van der Waals surface area (Å²) in [5.41, 5.74) is 0. The second kappa shape index (κ2) is 2.71. The van der Waals surface area contributed by atoms with Crippen LogP contribution in [0.2, 0.25) is 0 Å².